The SMILES string of the molecule is COc1cc(CNC(=O)CCCC/C=C/C(C)C)ccc1OC(=O)Nc1ccccc1. The lowest BCUT2D eigenvalue weighted by Gasteiger charge is -2.12. The van der Waals surface area contributed by atoms with Gasteiger partial charge in [-0.25, -0.2) is 4.79 Å². The van der Waals surface area contributed by atoms with E-state index in [4.69, 9.17) is 9.47 Å². The highest BCUT2D eigenvalue weighted by atomic mass is 16.6. The molecule has 0 unspecified atom stereocenters. The predicted octanol–water partition coefficient (Wildman–Crippen LogP) is 5.69. The van der Waals surface area contributed by atoms with E-state index in [0.29, 0.717) is 36.1 Å². The van der Waals surface area contributed by atoms with E-state index in [1.165, 1.54) is 7.11 Å². The minimum Gasteiger partial charge on any atom is -0.493 e. The Kier molecular flexibility index (Phi) is 10.1. The fraction of sp³-hybridized carbons (Fsp3) is 0.360. The van der Waals surface area contributed by atoms with E-state index >= 15 is 0 Å². The molecular formula is C25H32N2O4. The smallest absolute Gasteiger partial charge is 0.417 e. The third kappa shape index (κ3) is 9.38. The average Bonchev–Trinajstić information content (AvgIpc) is 2.75. The summed E-state index contributed by atoms with van der Waals surface area (Å²) in [7, 11) is 1.51. The first kappa shape index (κ1) is 24.0. The van der Waals surface area contributed by atoms with Crippen molar-refractivity contribution in [3.8, 4) is 11.5 Å². The van der Waals surface area contributed by atoms with Crippen molar-refractivity contribution in [3.05, 3.63) is 66.2 Å². The van der Waals surface area contributed by atoms with Gasteiger partial charge in [-0.05, 0) is 55.0 Å². The molecule has 0 saturated carbocycles. The summed E-state index contributed by atoms with van der Waals surface area (Å²) in [6.07, 6.45) is 7.14. The van der Waals surface area contributed by atoms with E-state index in [1.54, 1.807) is 30.3 Å². The number of methoxy groups -OCH3 is 1. The number of benzene rings is 2. The van der Waals surface area contributed by atoms with Crippen LogP contribution in [0.2, 0.25) is 0 Å². The molecule has 0 fully saturated rings. The zero-order valence-corrected chi connectivity index (χ0v) is 18.5. The molecule has 0 saturated heterocycles. The average molecular weight is 425 g/mol. The van der Waals surface area contributed by atoms with Crippen LogP contribution in [0.5, 0.6) is 11.5 Å². The monoisotopic (exact) mass is 424 g/mol. The molecule has 166 valence electrons. The fourth-order valence-corrected chi connectivity index (χ4v) is 2.88. The van der Waals surface area contributed by atoms with Crippen LogP contribution >= 0.6 is 0 Å². The minimum absolute atomic E-state index is 0.0226. The molecule has 0 atom stereocenters. The van der Waals surface area contributed by atoms with E-state index < -0.39 is 6.09 Å². The second-order valence-corrected chi connectivity index (χ2v) is 7.56. The van der Waals surface area contributed by atoms with Gasteiger partial charge in [-0.15, -0.1) is 0 Å². The molecule has 2 amide bonds. The number of carbonyl (C=O) groups excluding carboxylic acids is 2. The van der Waals surface area contributed by atoms with Gasteiger partial charge in [0, 0.05) is 18.7 Å². The first-order chi connectivity index (χ1) is 15.0. The lowest BCUT2D eigenvalue weighted by molar-refractivity contribution is -0.121. The van der Waals surface area contributed by atoms with E-state index in [9.17, 15) is 9.59 Å². The van der Waals surface area contributed by atoms with Gasteiger partial charge in [-0.1, -0.05) is 50.3 Å². The third-order valence-electron chi connectivity index (χ3n) is 4.49. The molecule has 6 nitrogen and oxygen atoms in total. The maximum Gasteiger partial charge on any atom is 0.417 e. The lowest BCUT2D eigenvalue weighted by Crippen LogP contribution is -2.22. The van der Waals surface area contributed by atoms with Crippen LogP contribution in [-0.2, 0) is 11.3 Å². The van der Waals surface area contributed by atoms with Gasteiger partial charge in [-0.3, -0.25) is 10.1 Å². The highest BCUT2D eigenvalue weighted by molar-refractivity contribution is 5.86. The summed E-state index contributed by atoms with van der Waals surface area (Å²) in [5.74, 6) is 1.32. The van der Waals surface area contributed by atoms with Crippen molar-refractivity contribution < 1.29 is 19.1 Å². The number of amides is 2. The molecule has 0 bridgehead atoms. The first-order valence-electron chi connectivity index (χ1n) is 10.6. The van der Waals surface area contributed by atoms with Crippen molar-refractivity contribution in [2.45, 2.75) is 46.1 Å². The van der Waals surface area contributed by atoms with Gasteiger partial charge < -0.3 is 14.8 Å². The minimum atomic E-state index is -0.603. The Hall–Kier alpha value is -3.28. The van der Waals surface area contributed by atoms with Crippen molar-refractivity contribution in [2.75, 3.05) is 12.4 Å². The van der Waals surface area contributed by atoms with Crippen LogP contribution in [0.1, 0.15) is 45.1 Å². The van der Waals surface area contributed by atoms with Gasteiger partial charge in [0.2, 0.25) is 5.91 Å². The Balaban J connectivity index is 1.78. The number of para-hydroxylation sites is 1. The number of hydrogen-bond donors (Lipinski definition) is 2. The molecule has 0 heterocycles. The van der Waals surface area contributed by atoms with Crippen LogP contribution in [0.15, 0.2) is 60.7 Å². The van der Waals surface area contributed by atoms with Gasteiger partial charge >= 0.3 is 6.09 Å². The second kappa shape index (κ2) is 13.1. The van der Waals surface area contributed by atoms with Crippen molar-refractivity contribution in [3.63, 3.8) is 0 Å². The molecule has 0 spiro atoms. The Bertz CT molecular complexity index is 863. The number of anilines is 1. The van der Waals surface area contributed by atoms with Crippen molar-refractivity contribution in [2.24, 2.45) is 5.92 Å². The number of rotatable bonds is 11. The number of unbranched alkanes of at least 4 members (excludes halogenated alkanes) is 2. The summed E-state index contributed by atoms with van der Waals surface area (Å²) in [6, 6.07) is 14.3. The van der Waals surface area contributed by atoms with E-state index in [1.807, 2.05) is 18.2 Å². The summed E-state index contributed by atoms with van der Waals surface area (Å²) >= 11 is 0. The van der Waals surface area contributed by atoms with Gasteiger partial charge in [0.25, 0.3) is 0 Å². The van der Waals surface area contributed by atoms with Gasteiger partial charge in [0.05, 0.1) is 7.11 Å². The predicted molar refractivity (Wildman–Crippen MR) is 123 cm³/mol. The first-order valence-corrected chi connectivity index (χ1v) is 10.6. The number of carbonyl (C=O) groups is 2. The summed E-state index contributed by atoms with van der Waals surface area (Å²) < 4.78 is 10.7. The van der Waals surface area contributed by atoms with E-state index in [2.05, 4.69) is 36.6 Å². The summed E-state index contributed by atoms with van der Waals surface area (Å²) in [6.45, 7) is 4.69. The zero-order valence-electron chi connectivity index (χ0n) is 18.5. The molecule has 0 aliphatic rings. The normalized spacial score (nSPS) is 10.8. The van der Waals surface area contributed by atoms with Crippen LogP contribution in [0, 0.1) is 5.92 Å². The van der Waals surface area contributed by atoms with Crippen LogP contribution in [0.3, 0.4) is 0 Å². The van der Waals surface area contributed by atoms with Crippen LogP contribution in [0.4, 0.5) is 10.5 Å². The van der Waals surface area contributed by atoms with Gasteiger partial charge in [0.15, 0.2) is 11.5 Å². The van der Waals surface area contributed by atoms with E-state index in [0.717, 1.165) is 24.8 Å². The molecule has 2 aromatic carbocycles. The fourth-order valence-electron chi connectivity index (χ4n) is 2.88. The Labute approximate surface area is 184 Å². The summed E-state index contributed by atoms with van der Waals surface area (Å²) in [5, 5.41) is 5.58. The van der Waals surface area contributed by atoms with E-state index in [-0.39, 0.29) is 5.91 Å². The maximum atomic E-state index is 12.1. The largest absolute Gasteiger partial charge is 0.493 e. The van der Waals surface area contributed by atoms with Crippen molar-refractivity contribution in [1.82, 2.24) is 5.32 Å². The molecule has 2 N–H and O–H groups in total. The number of nitrogens with one attached hydrogen (secondary N) is 2. The molecular weight excluding hydrogens is 392 g/mol. The number of hydrogen-bond acceptors (Lipinski definition) is 4. The Morgan fingerprint density at radius 2 is 1.81 bits per heavy atom. The number of allylic oxidation sites excluding steroid dienone is 2. The molecule has 0 aromatic heterocycles. The van der Waals surface area contributed by atoms with Crippen molar-refractivity contribution in [1.29, 1.82) is 0 Å². The molecule has 0 radical (unpaired) electrons. The van der Waals surface area contributed by atoms with Crippen molar-refractivity contribution >= 4 is 17.7 Å². The second-order valence-electron chi connectivity index (χ2n) is 7.56. The molecule has 2 aromatic rings. The molecule has 0 aliphatic heterocycles. The summed E-state index contributed by atoms with van der Waals surface area (Å²) in [4.78, 5) is 24.2. The molecule has 31 heavy (non-hydrogen) atoms. The van der Waals surface area contributed by atoms with Crippen LogP contribution < -0.4 is 20.1 Å². The third-order valence-corrected chi connectivity index (χ3v) is 4.49. The highest BCUT2D eigenvalue weighted by Crippen LogP contribution is 2.28. The Morgan fingerprint density at radius 3 is 2.52 bits per heavy atom. The van der Waals surface area contributed by atoms with Crippen LogP contribution in [0.25, 0.3) is 0 Å². The summed E-state index contributed by atoms with van der Waals surface area (Å²) in [5.41, 5.74) is 1.50. The molecule has 0 aliphatic carbocycles. The number of ether oxygens (including phenoxy) is 2. The van der Waals surface area contributed by atoms with Crippen LogP contribution in [-0.4, -0.2) is 19.1 Å². The maximum absolute atomic E-state index is 12.1. The standard InChI is InChI=1S/C25H32N2O4/c1-19(2)11-7-4-5-10-14-24(28)26-18-20-15-16-22(23(17-20)30-3)31-25(29)27-21-12-8-6-9-13-21/h6-9,11-13,15-17,19H,4-5,10,14,18H2,1-3H3,(H,26,28)(H,27,29)/b11-7+. The molecule has 6 heteroatoms. The van der Waals surface area contributed by atoms with Gasteiger partial charge in [0.1, 0.15) is 0 Å². The highest BCUT2D eigenvalue weighted by Gasteiger charge is 2.11. The quantitative estimate of drug-likeness (QED) is 0.359. The van der Waals surface area contributed by atoms with Gasteiger partial charge in [-0.2, -0.15) is 0 Å². The topological polar surface area (TPSA) is 76.7 Å². The lowest BCUT2D eigenvalue weighted by atomic mass is 10.1. The zero-order chi connectivity index (χ0) is 22.5. The Morgan fingerprint density at radius 1 is 1.03 bits per heavy atom. The molecule has 2 rings (SSSR count).